The number of carbonyl (C=O) groups is 2. The molecule has 5 nitrogen and oxygen atoms in total. The molecular weight excluding hydrogens is 414 g/mol. The van der Waals surface area contributed by atoms with Crippen molar-refractivity contribution in [1.29, 1.82) is 5.26 Å². The Balaban J connectivity index is 1.52. The van der Waals surface area contributed by atoms with Crippen LogP contribution in [-0.4, -0.2) is 18.5 Å². The van der Waals surface area contributed by atoms with E-state index in [1.807, 2.05) is 24.3 Å². The molecule has 174 valence electrons. The van der Waals surface area contributed by atoms with Crippen molar-refractivity contribution in [2.24, 2.45) is 0 Å². The summed E-state index contributed by atoms with van der Waals surface area (Å²) in [7, 11) is 0. The van der Waals surface area contributed by atoms with Crippen LogP contribution in [-0.2, 0) is 14.3 Å². The Morgan fingerprint density at radius 1 is 0.818 bits per heavy atom. The van der Waals surface area contributed by atoms with Gasteiger partial charge in [0.25, 0.3) is 0 Å². The molecule has 0 fully saturated rings. The molecule has 0 radical (unpaired) electrons. The minimum Gasteiger partial charge on any atom is -0.462 e. The number of esters is 2. The molecule has 0 atom stereocenters. The normalized spacial score (nSPS) is 10.3. The number of hydrogen-bond donors (Lipinski definition) is 0. The maximum atomic E-state index is 12.1. The summed E-state index contributed by atoms with van der Waals surface area (Å²) in [5, 5.41) is 8.89. The van der Waals surface area contributed by atoms with Gasteiger partial charge in [0.05, 0.1) is 18.2 Å². The van der Waals surface area contributed by atoms with E-state index in [4.69, 9.17) is 14.7 Å². The maximum Gasteiger partial charge on any atom is 0.333 e. The van der Waals surface area contributed by atoms with E-state index >= 15 is 0 Å². The topological polar surface area (TPSA) is 76.4 Å². The third kappa shape index (κ3) is 10.2. The van der Waals surface area contributed by atoms with E-state index in [0.717, 1.165) is 62.5 Å². The number of hydrogen-bond acceptors (Lipinski definition) is 5. The zero-order chi connectivity index (χ0) is 23.9. The van der Waals surface area contributed by atoms with Crippen LogP contribution >= 0.6 is 0 Å². The summed E-state index contributed by atoms with van der Waals surface area (Å²) in [5.41, 5.74) is 3.09. The third-order valence-electron chi connectivity index (χ3n) is 5.29. The van der Waals surface area contributed by atoms with Gasteiger partial charge in [0.15, 0.2) is 0 Å². The fourth-order valence-corrected chi connectivity index (χ4v) is 3.36. The number of nitrogens with zero attached hydrogens (tertiary/aromatic N) is 1. The predicted molar refractivity (Wildman–Crippen MR) is 130 cm³/mol. The molecule has 0 spiro atoms. The predicted octanol–water partition coefficient (Wildman–Crippen LogP) is 6.76. The molecule has 2 aromatic carbocycles. The Hall–Kier alpha value is -3.39. The maximum absolute atomic E-state index is 12.1. The number of carbonyl (C=O) groups excluding carboxylic acids is 2. The van der Waals surface area contributed by atoms with Crippen LogP contribution in [0.2, 0.25) is 0 Å². The van der Waals surface area contributed by atoms with Gasteiger partial charge in [-0.2, -0.15) is 5.26 Å². The molecule has 0 N–H and O–H groups in total. The first kappa shape index (κ1) is 25.9. The van der Waals surface area contributed by atoms with Crippen molar-refractivity contribution >= 4 is 11.9 Å². The second kappa shape index (κ2) is 14.6. The van der Waals surface area contributed by atoms with E-state index in [0.29, 0.717) is 29.9 Å². The second-order valence-electron chi connectivity index (χ2n) is 8.18. The first-order chi connectivity index (χ1) is 16.0. The Labute approximate surface area is 197 Å². The first-order valence-corrected chi connectivity index (χ1v) is 11.6. The lowest BCUT2D eigenvalue weighted by molar-refractivity contribution is -0.139. The summed E-state index contributed by atoms with van der Waals surface area (Å²) < 4.78 is 10.5. The van der Waals surface area contributed by atoms with Gasteiger partial charge in [0, 0.05) is 12.0 Å². The Morgan fingerprint density at radius 2 is 1.33 bits per heavy atom. The number of nitriles is 1. The summed E-state index contributed by atoms with van der Waals surface area (Å²) in [4.78, 5) is 23.3. The van der Waals surface area contributed by atoms with Gasteiger partial charge >= 0.3 is 11.9 Å². The molecule has 2 aromatic rings. The van der Waals surface area contributed by atoms with Crippen molar-refractivity contribution in [3.05, 3.63) is 66.2 Å². The average Bonchev–Trinajstić information content (AvgIpc) is 2.82. The van der Waals surface area contributed by atoms with Crippen molar-refractivity contribution in [2.75, 3.05) is 6.61 Å². The smallest absolute Gasteiger partial charge is 0.333 e. The molecule has 0 heterocycles. The van der Waals surface area contributed by atoms with Crippen molar-refractivity contribution < 1.29 is 19.1 Å². The van der Waals surface area contributed by atoms with E-state index < -0.39 is 0 Å². The molecule has 2 rings (SSSR count). The van der Waals surface area contributed by atoms with E-state index in [2.05, 4.69) is 12.6 Å². The molecule has 0 aliphatic carbocycles. The SMILES string of the molecule is C=C(C)C(=O)OCCCCCCCCCCC(=O)Oc1ccc(-c2ccc(C#N)cc2)cc1. The Morgan fingerprint density at radius 3 is 1.88 bits per heavy atom. The van der Waals surface area contributed by atoms with Gasteiger partial charge in [0.2, 0.25) is 0 Å². The van der Waals surface area contributed by atoms with Gasteiger partial charge in [-0.05, 0) is 55.2 Å². The van der Waals surface area contributed by atoms with Gasteiger partial charge in [0.1, 0.15) is 5.75 Å². The minimum atomic E-state index is -0.311. The quantitative estimate of drug-likeness (QED) is 0.138. The minimum absolute atomic E-state index is 0.203. The second-order valence-corrected chi connectivity index (χ2v) is 8.18. The van der Waals surface area contributed by atoms with Gasteiger partial charge in [-0.3, -0.25) is 4.79 Å². The highest BCUT2D eigenvalue weighted by Gasteiger charge is 2.06. The molecule has 0 aliphatic heterocycles. The van der Waals surface area contributed by atoms with Crippen molar-refractivity contribution in [2.45, 2.75) is 64.7 Å². The molecule has 0 aromatic heterocycles. The zero-order valence-electron chi connectivity index (χ0n) is 19.5. The Kier molecular flexibility index (Phi) is 11.5. The van der Waals surface area contributed by atoms with Crippen LogP contribution in [0.15, 0.2) is 60.7 Å². The number of rotatable bonds is 14. The van der Waals surface area contributed by atoms with Gasteiger partial charge < -0.3 is 9.47 Å². The van der Waals surface area contributed by atoms with Crippen LogP contribution in [0.1, 0.15) is 70.3 Å². The molecule has 0 bridgehead atoms. The van der Waals surface area contributed by atoms with Crippen molar-refractivity contribution in [3.63, 3.8) is 0 Å². The van der Waals surface area contributed by atoms with E-state index in [-0.39, 0.29) is 11.9 Å². The zero-order valence-corrected chi connectivity index (χ0v) is 19.5. The highest BCUT2D eigenvalue weighted by Crippen LogP contribution is 2.23. The molecule has 5 heteroatoms. The highest BCUT2D eigenvalue weighted by molar-refractivity contribution is 5.86. The highest BCUT2D eigenvalue weighted by atomic mass is 16.5. The summed E-state index contributed by atoms with van der Waals surface area (Å²) in [6, 6.07) is 16.9. The lowest BCUT2D eigenvalue weighted by Gasteiger charge is -2.07. The fourth-order valence-electron chi connectivity index (χ4n) is 3.36. The van der Waals surface area contributed by atoms with Crippen LogP contribution in [0.5, 0.6) is 5.75 Å². The number of unbranched alkanes of at least 4 members (excludes halogenated alkanes) is 7. The van der Waals surface area contributed by atoms with Crippen molar-refractivity contribution in [3.8, 4) is 22.9 Å². The summed E-state index contributed by atoms with van der Waals surface area (Å²) in [6.45, 7) is 5.67. The summed E-state index contributed by atoms with van der Waals surface area (Å²) >= 11 is 0. The van der Waals surface area contributed by atoms with Gasteiger partial charge in [-0.1, -0.05) is 69.4 Å². The lowest BCUT2D eigenvalue weighted by Crippen LogP contribution is -2.07. The standard InChI is InChI=1S/C28H33NO4/c1-22(2)28(31)32-20-10-8-6-4-3-5-7-9-11-27(30)33-26-18-16-25(17-19-26)24-14-12-23(21-29)13-15-24/h12-19H,1,3-11,20H2,2H3. The van der Waals surface area contributed by atoms with Crippen molar-refractivity contribution in [1.82, 2.24) is 0 Å². The van der Waals surface area contributed by atoms with Gasteiger partial charge in [-0.25, -0.2) is 4.79 Å². The number of benzene rings is 2. The van der Waals surface area contributed by atoms with E-state index in [1.54, 1.807) is 31.2 Å². The third-order valence-corrected chi connectivity index (χ3v) is 5.29. The molecular formula is C28H33NO4. The average molecular weight is 448 g/mol. The lowest BCUT2D eigenvalue weighted by atomic mass is 10.0. The van der Waals surface area contributed by atoms with Crippen LogP contribution in [0.25, 0.3) is 11.1 Å². The molecule has 0 amide bonds. The molecule has 0 saturated heterocycles. The van der Waals surface area contributed by atoms with E-state index in [9.17, 15) is 9.59 Å². The molecule has 33 heavy (non-hydrogen) atoms. The first-order valence-electron chi connectivity index (χ1n) is 11.6. The van der Waals surface area contributed by atoms with Crippen LogP contribution in [0.4, 0.5) is 0 Å². The van der Waals surface area contributed by atoms with E-state index in [1.165, 1.54) is 0 Å². The Bertz CT molecular complexity index is 939. The molecule has 0 aliphatic rings. The number of ether oxygens (including phenoxy) is 2. The molecule has 0 saturated carbocycles. The summed E-state index contributed by atoms with van der Waals surface area (Å²) in [5.74, 6) is 0.0328. The fraction of sp³-hybridized carbons (Fsp3) is 0.393. The van der Waals surface area contributed by atoms with Crippen LogP contribution < -0.4 is 4.74 Å². The monoisotopic (exact) mass is 447 g/mol. The van der Waals surface area contributed by atoms with Crippen LogP contribution in [0.3, 0.4) is 0 Å². The summed E-state index contributed by atoms with van der Waals surface area (Å²) in [6.07, 6.45) is 8.76. The largest absolute Gasteiger partial charge is 0.462 e. The van der Waals surface area contributed by atoms with Crippen LogP contribution in [0, 0.1) is 11.3 Å². The molecule has 0 unspecified atom stereocenters. The van der Waals surface area contributed by atoms with Gasteiger partial charge in [-0.15, -0.1) is 0 Å².